The molecule has 7 nitrogen and oxygen atoms in total. The van der Waals surface area contributed by atoms with Crippen LogP contribution in [0.25, 0.3) is 0 Å². The summed E-state index contributed by atoms with van der Waals surface area (Å²) in [5, 5.41) is 0. The predicted octanol–water partition coefficient (Wildman–Crippen LogP) is 2.09. The van der Waals surface area contributed by atoms with E-state index in [1.54, 1.807) is 18.2 Å². The van der Waals surface area contributed by atoms with Gasteiger partial charge in [-0.05, 0) is 36.4 Å². The van der Waals surface area contributed by atoms with Gasteiger partial charge in [-0.3, -0.25) is 4.79 Å². The lowest BCUT2D eigenvalue weighted by atomic mass is 10.0. The van der Waals surface area contributed by atoms with Crippen LogP contribution in [0.3, 0.4) is 0 Å². The van der Waals surface area contributed by atoms with Gasteiger partial charge in [0, 0.05) is 11.8 Å². The second-order valence-electron chi connectivity index (χ2n) is 5.28. The molecule has 2 aromatic rings. The van der Waals surface area contributed by atoms with Crippen LogP contribution in [-0.2, 0) is 9.53 Å². The lowest BCUT2D eigenvalue weighted by Crippen LogP contribution is -2.22. The Morgan fingerprint density at radius 2 is 1.89 bits per heavy atom. The number of nitrogens with two attached hydrogens (primary N) is 2. The fourth-order valence-electron chi connectivity index (χ4n) is 2.08. The van der Waals surface area contributed by atoms with Crippen LogP contribution in [0.4, 0.5) is 10.1 Å². The number of carbonyl (C=O) groups excluding carboxylic acids is 2. The Kier molecular flexibility index (Phi) is 6.65. The van der Waals surface area contributed by atoms with Gasteiger partial charge in [0.05, 0.1) is 18.4 Å². The van der Waals surface area contributed by atoms with E-state index in [0.29, 0.717) is 11.4 Å². The second-order valence-corrected chi connectivity index (χ2v) is 5.28. The summed E-state index contributed by atoms with van der Waals surface area (Å²) < 4.78 is 22.7. The van der Waals surface area contributed by atoms with E-state index in [2.05, 4.69) is 9.73 Å². The third-order valence-electron chi connectivity index (χ3n) is 3.44. The number of aliphatic imine (C=N–C) groups is 1. The number of nitrogens with zero attached hydrogens (tertiary/aromatic N) is 1. The highest BCUT2D eigenvalue weighted by Crippen LogP contribution is 2.18. The van der Waals surface area contributed by atoms with Crippen LogP contribution < -0.4 is 16.2 Å². The third-order valence-corrected chi connectivity index (χ3v) is 3.44. The van der Waals surface area contributed by atoms with Crippen molar-refractivity contribution in [3.63, 3.8) is 0 Å². The second kappa shape index (κ2) is 9.14. The first-order valence-corrected chi connectivity index (χ1v) is 7.81. The highest BCUT2D eigenvalue weighted by atomic mass is 19.1. The maximum absolute atomic E-state index is 13.0. The predicted molar refractivity (Wildman–Crippen MR) is 98.2 cm³/mol. The van der Waals surface area contributed by atoms with Gasteiger partial charge < -0.3 is 20.9 Å². The molecule has 0 saturated carbocycles. The Morgan fingerprint density at radius 3 is 2.52 bits per heavy atom. The van der Waals surface area contributed by atoms with Crippen molar-refractivity contribution < 1.29 is 23.5 Å². The molecule has 0 bridgehead atoms. The first-order chi connectivity index (χ1) is 12.9. The van der Waals surface area contributed by atoms with E-state index in [1.807, 2.05) is 0 Å². The van der Waals surface area contributed by atoms with E-state index >= 15 is 0 Å². The molecule has 0 saturated heterocycles. The minimum absolute atomic E-state index is 0.0237. The molecule has 0 aromatic heterocycles. The average Bonchev–Trinajstić information content (AvgIpc) is 2.68. The van der Waals surface area contributed by atoms with Crippen molar-refractivity contribution in [1.29, 1.82) is 0 Å². The van der Waals surface area contributed by atoms with Crippen molar-refractivity contribution in [2.45, 2.75) is 0 Å². The summed E-state index contributed by atoms with van der Waals surface area (Å²) in [6.45, 7) is -0.290. The normalized spacial score (nSPS) is 11.8. The molecule has 0 fully saturated rings. The van der Waals surface area contributed by atoms with Crippen molar-refractivity contribution in [2.24, 2.45) is 16.5 Å². The van der Waals surface area contributed by atoms with E-state index in [0.717, 1.165) is 6.20 Å². The Balaban J connectivity index is 2.21. The molecule has 0 spiro atoms. The number of halogens is 1. The van der Waals surface area contributed by atoms with Crippen molar-refractivity contribution >= 4 is 23.3 Å². The molecule has 0 amide bonds. The van der Waals surface area contributed by atoms with Crippen LogP contribution in [0.15, 0.2) is 65.3 Å². The number of ether oxygens (including phenoxy) is 2. The van der Waals surface area contributed by atoms with Gasteiger partial charge in [0.2, 0.25) is 0 Å². The standard InChI is InChI=1S/C19H18FN3O4/c1-26-17(24)11-27-15-4-2-3-12(9-15)18(25)16(10-21)19(22)23-14-7-5-13(20)6-8-14/h2-10H,11,21H2,1H3,(H2,22,23). The van der Waals surface area contributed by atoms with Gasteiger partial charge in [-0.1, -0.05) is 12.1 Å². The zero-order chi connectivity index (χ0) is 19.8. The fraction of sp³-hybridized carbons (Fsp3) is 0.105. The van der Waals surface area contributed by atoms with Crippen molar-refractivity contribution in [3.8, 4) is 5.75 Å². The van der Waals surface area contributed by atoms with Crippen LogP contribution in [0, 0.1) is 5.82 Å². The van der Waals surface area contributed by atoms with Crippen LogP contribution >= 0.6 is 0 Å². The van der Waals surface area contributed by atoms with Crippen LogP contribution in [0.5, 0.6) is 5.75 Å². The van der Waals surface area contributed by atoms with Crippen molar-refractivity contribution in [1.82, 2.24) is 0 Å². The maximum Gasteiger partial charge on any atom is 0.343 e. The van der Waals surface area contributed by atoms with Crippen LogP contribution in [-0.4, -0.2) is 31.3 Å². The Hall–Kier alpha value is -3.68. The lowest BCUT2D eigenvalue weighted by Gasteiger charge is -2.09. The summed E-state index contributed by atoms with van der Waals surface area (Å²) in [7, 11) is 1.24. The molecule has 0 aliphatic heterocycles. The van der Waals surface area contributed by atoms with Crippen LogP contribution in [0.2, 0.25) is 0 Å². The minimum atomic E-state index is -0.551. The number of benzene rings is 2. The Morgan fingerprint density at radius 1 is 1.19 bits per heavy atom. The highest BCUT2D eigenvalue weighted by Gasteiger charge is 2.17. The van der Waals surface area contributed by atoms with E-state index in [9.17, 15) is 14.0 Å². The molecule has 2 aromatic carbocycles. The molecule has 0 radical (unpaired) electrons. The fourth-order valence-corrected chi connectivity index (χ4v) is 2.08. The van der Waals surface area contributed by atoms with Gasteiger partial charge in [0.1, 0.15) is 17.4 Å². The summed E-state index contributed by atoms with van der Waals surface area (Å²) in [4.78, 5) is 27.9. The molecule has 4 N–H and O–H groups in total. The smallest absolute Gasteiger partial charge is 0.343 e. The zero-order valence-electron chi connectivity index (χ0n) is 14.5. The monoisotopic (exact) mass is 371 g/mol. The Labute approximate surface area is 155 Å². The molecule has 8 heteroatoms. The van der Waals surface area contributed by atoms with Gasteiger partial charge in [-0.15, -0.1) is 0 Å². The largest absolute Gasteiger partial charge is 0.482 e. The van der Waals surface area contributed by atoms with E-state index < -0.39 is 17.6 Å². The number of esters is 1. The lowest BCUT2D eigenvalue weighted by molar-refractivity contribution is -0.142. The van der Waals surface area contributed by atoms with Crippen LogP contribution in [0.1, 0.15) is 10.4 Å². The summed E-state index contributed by atoms with van der Waals surface area (Å²) >= 11 is 0. The van der Waals surface area contributed by atoms with E-state index in [1.165, 1.54) is 37.4 Å². The quantitative estimate of drug-likeness (QED) is 0.253. The van der Waals surface area contributed by atoms with Gasteiger partial charge >= 0.3 is 5.97 Å². The molecule has 0 unspecified atom stereocenters. The molecule has 27 heavy (non-hydrogen) atoms. The van der Waals surface area contributed by atoms with Gasteiger partial charge in [-0.2, -0.15) is 0 Å². The molecule has 0 aliphatic rings. The Bertz CT molecular complexity index is 892. The number of ketones is 1. The number of amidine groups is 1. The molecule has 2 rings (SSSR count). The molecule has 0 aliphatic carbocycles. The number of hydrogen-bond acceptors (Lipinski definition) is 6. The molecular formula is C19H18FN3O4. The van der Waals surface area contributed by atoms with Crippen molar-refractivity contribution in [2.75, 3.05) is 13.7 Å². The van der Waals surface area contributed by atoms with E-state index in [4.69, 9.17) is 16.2 Å². The summed E-state index contributed by atoms with van der Waals surface area (Å²) in [6.07, 6.45) is 1.05. The number of rotatable bonds is 7. The first-order valence-electron chi connectivity index (χ1n) is 7.81. The third kappa shape index (κ3) is 5.40. The molecule has 0 heterocycles. The molecule has 140 valence electrons. The number of carbonyl (C=O) groups is 2. The SMILES string of the molecule is COC(=O)COc1cccc(C(=O)C(=CN)C(N)=Nc2ccc(F)cc2)c1. The maximum atomic E-state index is 13.0. The number of hydrogen-bond donors (Lipinski definition) is 2. The molecular weight excluding hydrogens is 353 g/mol. The number of methoxy groups -OCH3 is 1. The highest BCUT2D eigenvalue weighted by molar-refractivity contribution is 6.27. The number of Topliss-reactive ketones (excluding diaryl/α,β-unsaturated/α-hetero) is 1. The summed E-state index contributed by atoms with van der Waals surface area (Å²) in [6, 6.07) is 11.4. The van der Waals surface area contributed by atoms with Gasteiger partial charge in [0.25, 0.3) is 0 Å². The molecule has 0 atom stereocenters. The first kappa shape index (κ1) is 19.6. The van der Waals surface area contributed by atoms with Gasteiger partial charge in [-0.25, -0.2) is 14.2 Å². The topological polar surface area (TPSA) is 117 Å². The van der Waals surface area contributed by atoms with E-state index in [-0.39, 0.29) is 23.6 Å². The van der Waals surface area contributed by atoms with Gasteiger partial charge in [0.15, 0.2) is 12.4 Å². The summed E-state index contributed by atoms with van der Waals surface area (Å²) in [5.74, 6) is -1.26. The average molecular weight is 371 g/mol. The minimum Gasteiger partial charge on any atom is -0.482 e. The summed E-state index contributed by atoms with van der Waals surface area (Å²) in [5.41, 5.74) is 12.0. The van der Waals surface area contributed by atoms with Crippen molar-refractivity contribution in [3.05, 3.63) is 71.7 Å². The zero-order valence-corrected chi connectivity index (χ0v) is 14.5.